The molecule has 2 aromatic rings. The number of carbonyl (C=O) groups excluding carboxylic acids is 2. The second-order valence-electron chi connectivity index (χ2n) is 6.45. The summed E-state index contributed by atoms with van der Waals surface area (Å²) in [5, 5.41) is 14.8. The molecule has 1 atom stereocenters. The third-order valence-electron chi connectivity index (χ3n) is 4.43. The SMILES string of the molecule is COc1cc(C(C#N)NC(=O)CCCNC(=O)c2ccc(F)cc2)cc(OC)c1OC. The molecule has 1 unspecified atom stereocenters. The molecule has 0 aliphatic carbocycles. The summed E-state index contributed by atoms with van der Waals surface area (Å²) in [5.41, 5.74) is 0.813. The molecule has 0 spiro atoms. The van der Waals surface area contributed by atoms with Crippen molar-refractivity contribution in [2.45, 2.75) is 18.9 Å². The topological polar surface area (TPSA) is 110 Å². The molecule has 0 saturated heterocycles. The number of hydrogen-bond donors (Lipinski definition) is 2. The maximum Gasteiger partial charge on any atom is 0.251 e. The average molecular weight is 429 g/mol. The predicted molar refractivity (Wildman–Crippen MR) is 111 cm³/mol. The van der Waals surface area contributed by atoms with Crippen molar-refractivity contribution in [1.29, 1.82) is 5.26 Å². The van der Waals surface area contributed by atoms with Gasteiger partial charge in [-0.15, -0.1) is 0 Å². The fraction of sp³-hybridized carbons (Fsp3) is 0.318. The average Bonchev–Trinajstić information content (AvgIpc) is 2.79. The van der Waals surface area contributed by atoms with Crippen molar-refractivity contribution in [2.75, 3.05) is 27.9 Å². The Labute approximate surface area is 179 Å². The van der Waals surface area contributed by atoms with Crippen LogP contribution in [0, 0.1) is 17.1 Å². The Kier molecular flexibility index (Phi) is 8.64. The molecular weight excluding hydrogens is 405 g/mol. The Morgan fingerprint density at radius 2 is 1.68 bits per heavy atom. The van der Waals surface area contributed by atoms with Crippen molar-refractivity contribution >= 4 is 11.8 Å². The lowest BCUT2D eigenvalue weighted by Crippen LogP contribution is -2.29. The molecule has 0 aliphatic heterocycles. The minimum Gasteiger partial charge on any atom is -0.493 e. The van der Waals surface area contributed by atoms with Crippen LogP contribution in [0.4, 0.5) is 4.39 Å². The smallest absolute Gasteiger partial charge is 0.251 e. The number of halogens is 1. The highest BCUT2D eigenvalue weighted by Gasteiger charge is 2.20. The molecule has 2 N–H and O–H groups in total. The Bertz CT molecular complexity index is 932. The molecule has 0 aromatic heterocycles. The third kappa shape index (κ3) is 6.34. The summed E-state index contributed by atoms with van der Waals surface area (Å²) in [6, 6.07) is 9.48. The van der Waals surface area contributed by atoms with Gasteiger partial charge in [0.05, 0.1) is 27.4 Å². The monoisotopic (exact) mass is 429 g/mol. The number of carbonyl (C=O) groups is 2. The number of benzene rings is 2. The van der Waals surface area contributed by atoms with Crippen LogP contribution in [0.3, 0.4) is 0 Å². The van der Waals surface area contributed by atoms with Gasteiger partial charge in [-0.25, -0.2) is 4.39 Å². The number of ether oxygens (including phenoxy) is 3. The Morgan fingerprint density at radius 3 is 2.19 bits per heavy atom. The second-order valence-corrected chi connectivity index (χ2v) is 6.45. The van der Waals surface area contributed by atoms with Crippen LogP contribution in [-0.2, 0) is 4.79 Å². The van der Waals surface area contributed by atoms with Gasteiger partial charge in [-0.05, 0) is 48.4 Å². The zero-order chi connectivity index (χ0) is 22.8. The number of hydrogen-bond acceptors (Lipinski definition) is 6. The molecule has 2 amide bonds. The number of nitrogens with zero attached hydrogens (tertiary/aromatic N) is 1. The van der Waals surface area contributed by atoms with E-state index in [1.807, 2.05) is 6.07 Å². The number of nitriles is 1. The molecule has 0 aliphatic rings. The highest BCUT2D eigenvalue weighted by atomic mass is 19.1. The summed E-state index contributed by atoms with van der Waals surface area (Å²) in [5.74, 6) is -0.00481. The number of methoxy groups -OCH3 is 3. The Morgan fingerprint density at radius 1 is 1.06 bits per heavy atom. The van der Waals surface area contributed by atoms with Crippen LogP contribution in [0.25, 0.3) is 0 Å². The van der Waals surface area contributed by atoms with E-state index >= 15 is 0 Å². The van der Waals surface area contributed by atoms with Crippen LogP contribution < -0.4 is 24.8 Å². The highest BCUT2D eigenvalue weighted by molar-refractivity contribution is 5.94. The van der Waals surface area contributed by atoms with E-state index in [9.17, 15) is 19.2 Å². The van der Waals surface area contributed by atoms with Crippen LogP contribution in [0.2, 0.25) is 0 Å². The molecule has 2 rings (SSSR count). The first-order valence-electron chi connectivity index (χ1n) is 9.46. The number of amides is 2. The van der Waals surface area contributed by atoms with Crippen molar-refractivity contribution in [2.24, 2.45) is 0 Å². The van der Waals surface area contributed by atoms with Gasteiger partial charge in [0.25, 0.3) is 5.91 Å². The van der Waals surface area contributed by atoms with Gasteiger partial charge in [0.2, 0.25) is 11.7 Å². The second kappa shape index (κ2) is 11.4. The zero-order valence-corrected chi connectivity index (χ0v) is 17.5. The van der Waals surface area contributed by atoms with Crippen molar-refractivity contribution in [3.8, 4) is 23.3 Å². The maximum atomic E-state index is 12.9. The summed E-state index contributed by atoms with van der Waals surface area (Å²) < 4.78 is 28.7. The standard InChI is InChI=1S/C22H24FN3O5/c1-29-18-11-15(12-19(30-2)21(18)31-3)17(13-24)26-20(27)5-4-10-25-22(28)14-6-8-16(23)9-7-14/h6-9,11-12,17H,4-5,10H2,1-3H3,(H,25,28)(H,26,27). The summed E-state index contributed by atoms with van der Waals surface area (Å²) in [6.07, 6.45) is 0.471. The van der Waals surface area contributed by atoms with Crippen molar-refractivity contribution in [3.63, 3.8) is 0 Å². The van der Waals surface area contributed by atoms with Gasteiger partial charge in [0.15, 0.2) is 11.5 Å². The molecule has 31 heavy (non-hydrogen) atoms. The van der Waals surface area contributed by atoms with Crippen molar-refractivity contribution in [1.82, 2.24) is 10.6 Å². The van der Waals surface area contributed by atoms with Crippen LogP contribution in [-0.4, -0.2) is 39.7 Å². The number of rotatable bonds is 10. The Balaban J connectivity index is 1.91. The van der Waals surface area contributed by atoms with E-state index in [4.69, 9.17) is 14.2 Å². The zero-order valence-electron chi connectivity index (χ0n) is 17.5. The first kappa shape index (κ1) is 23.5. The van der Waals surface area contributed by atoms with Crippen LogP contribution in [0.15, 0.2) is 36.4 Å². The van der Waals surface area contributed by atoms with E-state index in [0.29, 0.717) is 34.8 Å². The van der Waals surface area contributed by atoms with E-state index in [1.165, 1.54) is 45.6 Å². The molecule has 0 radical (unpaired) electrons. The maximum absolute atomic E-state index is 12.9. The summed E-state index contributed by atoms with van der Waals surface area (Å²) >= 11 is 0. The summed E-state index contributed by atoms with van der Waals surface area (Å²) in [4.78, 5) is 24.2. The third-order valence-corrected chi connectivity index (χ3v) is 4.43. The van der Waals surface area contributed by atoms with Gasteiger partial charge < -0.3 is 24.8 Å². The molecule has 9 heteroatoms. The minimum atomic E-state index is -0.921. The van der Waals surface area contributed by atoms with Gasteiger partial charge in [0, 0.05) is 18.5 Å². The van der Waals surface area contributed by atoms with Gasteiger partial charge in [-0.3, -0.25) is 9.59 Å². The summed E-state index contributed by atoms with van der Waals surface area (Å²) in [7, 11) is 4.39. The van der Waals surface area contributed by atoms with Crippen LogP contribution >= 0.6 is 0 Å². The van der Waals surface area contributed by atoms with E-state index in [0.717, 1.165) is 0 Å². The first-order chi connectivity index (χ1) is 14.9. The van der Waals surface area contributed by atoms with Crippen LogP contribution in [0.5, 0.6) is 17.2 Å². The highest BCUT2D eigenvalue weighted by Crippen LogP contribution is 2.39. The van der Waals surface area contributed by atoms with E-state index in [2.05, 4.69) is 10.6 Å². The van der Waals surface area contributed by atoms with E-state index < -0.39 is 11.9 Å². The lowest BCUT2D eigenvalue weighted by molar-refractivity contribution is -0.121. The quantitative estimate of drug-likeness (QED) is 0.562. The molecule has 8 nitrogen and oxygen atoms in total. The molecule has 0 bridgehead atoms. The molecule has 0 heterocycles. The molecule has 0 saturated carbocycles. The van der Waals surface area contributed by atoms with Gasteiger partial charge in [-0.2, -0.15) is 5.26 Å². The lowest BCUT2D eigenvalue weighted by Gasteiger charge is -2.17. The predicted octanol–water partition coefficient (Wildman–Crippen LogP) is 2.74. The summed E-state index contributed by atoms with van der Waals surface area (Å²) in [6.45, 7) is 0.255. The molecule has 2 aromatic carbocycles. The van der Waals surface area contributed by atoms with E-state index in [-0.39, 0.29) is 24.8 Å². The molecule has 164 valence electrons. The molecular formula is C22H24FN3O5. The number of nitrogens with one attached hydrogen (secondary N) is 2. The van der Waals surface area contributed by atoms with Gasteiger partial charge in [0.1, 0.15) is 11.9 Å². The lowest BCUT2D eigenvalue weighted by atomic mass is 10.1. The normalized spacial score (nSPS) is 11.1. The largest absolute Gasteiger partial charge is 0.493 e. The van der Waals surface area contributed by atoms with E-state index in [1.54, 1.807) is 12.1 Å². The minimum absolute atomic E-state index is 0.103. The first-order valence-corrected chi connectivity index (χ1v) is 9.46. The van der Waals surface area contributed by atoms with Gasteiger partial charge in [-0.1, -0.05) is 0 Å². The van der Waals surface area contributed by atoms with Crippen molar-refractivity contribution in [3.05, 3.63) is 53.3 Å². The van der Waals surface area contributed by atoms with Gasteiger partial charge >= 0.3 is 0 Å². The molecule has 0 fully saturated rings. The van der Waals surface area contributed by atoms with Crippen LogP contribution in [0.1, 0.15) is 34.8 Å². The fourth-order valence-electron chi connectivity index (χ4n) is 2.85. The fourth-order valence-corrected chi connectivity index (χ4v) is 2.85. The van der Waals surface area contributed by atoms with Crippen molar-refractivity contribution < 1.29 is 28.2 Å². The Hall–Kier alpha value is -3.80.